The number of benzene rings is 3. The number of sulfonamides is 1. The Labute approximate surface area is 270 Å². The van der Waals surface area contributed by atoms with Gasteiger partial charge >= 0.3 is 5.97 Å². The van der Waals surface area contributed by atoms with Crippen LogP contribution in [0.1, 0.15) is 29.5 Å². The van der Waals surface area contributed by atoms with Crippen LogP contribution < -0.4 is 10.2 Å². The van der Waals surface area contributed by atoms with Gasteiger partial charge in [-0.3, -0.25) is 4.79 Å². The summed E-state index contributed by atoms with van der Waals surface area (Å²) in [7, 11) is -6.01. The van der Waals surface area contributed by atoms with Crippen molar-refractivity contribution in [2.75, 3.05) is 20.2 Å². The van der Waals surface area contributed by atoms with Crippen LogP contribution in [0, 0.1) is 18.8 Å². The number of rotatable bonds is 12. The number of pyridine rings is 1. The van der Waals surface area contributed by atoms with Crippen LogP contribution in [0.5, 0.6) is 5.75 Å². The maximum atomic E-state index is 13.5. The smallest absolute Gasteiger partial charge is 0.328 e. The van der Waals surface area contributed by atoms with Crippen LogP contribution >= 0.6 is 0 Å². The van der Waals surface area contributed by atoms with Crippen molar-refractivity contribution in [1.82, 2.24) is 14.8 Å². The monoisotopic (exact) mass is 663 g/mol. The number of carbonyl (C=O) groups is 1. The van der Waals surface area contributed by atoms with Crippen LogP contribution in [0.25, 0.3) is 0 Å². The first-order valence-electron chi connectivity index (χ1n) is 15.0. The third-order valence-corrected chi connectivity index (χ3v) is 11.8. The molecule has 1 atom stereocenters. The van der Waals surface area contributed by atoms with Crippen molar-refractivity contribution in [3.8, 4) is 5.75 Å². The Kier molecular flexibility index (Phi) is 10.5. The minimum absolute atomic E-state index is 0.0602. The maximum absolute atomic E-state index is 13.5. The Morgan fingerprint density at radius 1 is 0.891 bits per heavy atom. The van der Waals surface area contributed by atoms with Gasteiger partial charge in [0.2, 0.25) is 19.9 Å². The summed E-state index contributed by atoms with van der Waals surface area (Å²) in [5.74, 6) is -0.525. The summed E-state index contributed by atoms with van der Waals surface area (Å²) in [4.78, 5) is 23.4. The number of ether oxygens (including phenoxy) is 1. The lowest BCUT2D eigenvalue weighted by Gasteiger charge is -2.34. The lowest BCUT2D eigenvalue weighted by Crippen LogP contribution is -2.42. The fourth-order valence-electron chi connectivity index (χ4n) is 5.54. The molecule has 4 aromatic rings. The molecule has 1 fully saturated rings. The normalized spacial score (nSPS) is 15.3. The first kappa shape index (κ1) is 33.3. The number of aryl methyl sites for hydroxylation is 1. The molecule has 1 aromatic heterocycles. The van der Waals surface area contributed by atoms with Gasteiger partial charge in [-0.2, -0.15) is 4.31 Å². The van der Waals surface area contributed by atoms with Crippen molar-refractivity contribution < 1.29 is 31.2 Å². The van der Waals surface area contributed by atoms with Crippen molar-refractivity contribution in [3.05, 3.63) is 114 Å². The van der Waals surface area contributed by atoms with E-state index < -0.39 is 31.7 Å². The average Bonchev–Trinajstić information content (AvgIpc) is 3.08. The SMILES string of the molecule is COc1ccc(S(=O)(=O)c2cc(CNOC(=O)[C@H](Cc3ccccc3)C3CCN(S(=O)(=O)c4ccc(C)cc4)CC3)ccn2)cc1. The maximum Gasteiger partial charge on any atom is 0.328 e. The van der Waals surface area contributed by atoms with E-state index in [0.717, 1.165) is 11.1 Å². The number of piperidine rings is 1. The molecule has 1 aliphatic rings. The molecule has 1 aliphatic heterocycles. The molecule has 0 radical (unpaired) electrons. The largest absolute Gasteiger partial charge is 0.497 e. The van der Waals surface area contributed by atoms with E-state index in [4.69, 9.17) is 9.57 Å². The highest BCUT2D eigenvalue weighted by molar-refractivity contribution is 7.91. The predicted molar refractivity (Wildman–Crippen MR) is 172 cm³/mol. The fraction of sp³-hybridized carbons (Fsp3) is 0.294. The second kappa shape index (κ2) is 14.5. The van der Waals surface area contributed by atoms with Gasteiger partial charge < -0.3 is 9.57 Å². The van der Waals surface area contributed by atoms with E-state index in [2.05, 4.69) is 10.5 Å². The number of aromatic nitrogens is 1. The highest BCUT2D eigenvalue weighted by Crippen LogP contribution is 2.31. The average molecular weight is 664 g/mol. The van der Waals surface area contributed by atoms with E-state index in [9.17, 15) is 21.6 Å². The van der Waals surface area contributed by atoms with Gasteiger partial charge in [-0.15, -0.1) is 5.48 Å². The zero-order chi connectivity index (χ0) is 32.7. The number of hydrogen-bond acceptors (Lipinski definition) is 9. The number of methoxy groups -OCH3 is 1. The summed E-state index contributed by atoms with van der Waals surface area (Å²) in [6, 6.07) is 25.6. The number of sulfone groups is 1. The van der Waals surface area contributed by atoms with Gasteiger partial charge in [-0.1, -0.05) is 48.0 Å². The molecule has 12 heteroatoms. The molecule has 2 heterocycles. The van der Waals surface area contributed by atoms with Gasteiger partial charge in [0.1, 0.15) is 5.75 Å². The van der Waals surface area contributed by atoms with E-state index in [-0.39, 0.29) is 27.3 Å². The second-order valence-corrected chi connectivity index (χ2v) is 15.1. The summed E-state index contributed by atoms with van der Waals surface area (Å²) in [5, 5.41) is -0.127. The van der Waals surface area contributed by atoms with E-state index >= 15 is 0 Å². The summed E-state index contributed by atoms with van der Waals surface area (Å²) >= 11 is 0. The molecule has 242 valence electrons. The fourth-order valence-corrected chi connectivity index (χ4v) is 8.25. The van der Waals surface area contributed by atoms with Crippen LogP contribution in [-0.4, -0.2) is 52.3 Å². The summed E-state index contributed by atoms with van der Waals surface area (Å²) in [6.45, 7) is 2.57. The van der Waals surface area contributed by atoms with Gasteiger partial charge in [0.05, 0.1) is 29.4 Å². The number of hydroxylamine groups is 1. The molecule has 46 heavy (non-hydrogen) atoms. The highest BCUT2D eigenvalue weighted by atomic mass is 32.2. The Bertz CT molecular complexity index is 1840. The molecular formula is C34H37N3O7S2. The van der Waals surface area contributed by atoms with Crippen LogP contribution in [-0.2, 0) is 42.5 Å². The molecule has 0 saturated carbocycles. The first-order valence-corrected chi connectivity index (χ1v) is 17.9. The third-order valence-electron chi connectivity index (χ3n) is 8.22. The minimum atomic E-state index is -3.87. The molecule has 0 spiro atoms. The van der Waals surface area contributed by atoms with Crippen molar-refractivity contribution in [3.63, 3.8) is 0 Å². The molecule has 3 aromatic carbocycles. The van der Waals surface area contributed by atoms with Gasteiger partial charge in [-0.25, -0.2) is 21.8 Å². The minimum Gasteiger partial charge on any atom is -0.497 e. The van der Waals surface area contributed by atoms with E-state index in [0.29, 0.717) is 43.7 Å². The Hall–Kier alpha value is -4.10. The lowest BCUT2D eigenvalue weighted by molar-refractivity contribution is -0.159. The van der Waals surface area contributed by atoms with E-state index in [1.54, 1.807) is 42.5 Å². The highest BCUT2D eigenvalue weighted by Gasteiger charge is 2.36. The Balaban J connectivity index is 1.24. The first-order chi connectivity index (χ1) is 22.1. The van der Waals surface area contributed by atoms with Crippen molar-refractivity contribution in [1.29, 1.82) is 0 Å². The molecule has 1 N–H and O–H groups in total. The number of nitrogens with zero attached hydrogens (tertiary/aromatic N) is 2. The third kappa shape index (κ3) is 7.81. The Morgan fingerprint density at radius 2 is 1.54 bits per heavy atom. The van der Waals surface area contributed by atoms with Crippen LogP contribution in [0.2, 0.25) is 0 Å². The van der Waals surface area contributed by atoms with Gasteiger partial charge in [0.25, 0.3) is 0 Å². The zero-order valence-electron chi connectivity index (χ0n) is 25.7. The molecule has 0 bridgehead atoms. The van der Waals surface area contributed by atoms with Crippen molar-refractivity contribution in [2.24, 2.45) is 11.8 Å². The standard InChI is InChI=1S/C34H37N3O7S2/c1-25-8-12-31(13-9-25)46(41,42)37-20-17-28(18-21-37)32(22-26-6-4-3-5-7-26)34(38)44-36-24-27-16-19-35-33(23-27)45(39,40)30-14-10-29(43-2)11-15-30/h3-16,19,23,28,32,36H,17-18,20-22,24H2,1-2H3/t32-/m1/s1. The van der Waals surface area contributed by atoms with Gasteiger partial charge in [0.15, 0.2) is 5.03 Å². The molecular weight excluding hydrogens is 627 g/mol. The van der Waals surface area contributed by atoms with Crippen molar-refractivity contribution >= 4 is 25.8 Å². The second-order valence-electron chi connectivity index (χ2n) is 11.3. The lowest BCUT2D eigenvalue weighted by atomic mass is 9.81. The number of carbonyl (C=O) groups excluding carboxylic acids is 1. The van der Waals surface area contributed by atoms with Crippen molar-refractivity contribution in [2.45, 2.75) is 47.5 Å². The molecule has 0 aliphatic carbocycles. The molecule has 0 unspecified atom stereocenters. The number of nitrogens with one attached hydrogen (secondary N) is 1. The quantitative estimate of drug-likeness (QED) is 0.214. The predicted octanol–water partition coefficient (Wildman–Crippen LogP) is 4.74. The van der Waals surface area contributed by atoms with E-state index in [1.165, 1.54) is 35.8 Å². The molecule has 0 amide bonds. The van der Waals surface area contributed by atoms with Crippen LogP contribution in [0.3, 0.4) is 0 Å². The molecule has 5 rings (SSSR count). The molecule has 1 saturated heterocycles. The van der Waals surface area contributed by atoms with Gasteiger partial charge in [0, 0.05) is 19.3 Å². The zero-order valence-corrected chi connectivity index (χ0v) is 27.3. The van der Waals surface area contributed by atoms with Gasteiger partial charge in [-0.05, 0) is 91.8 Å². The van der Waals surface area contributed by atoms with Crippen LogP contribution in [0.15, 0.2) is 112 Å². The summed E-state index contributed by atoms with van der Waals surface area (Å²) < 4.78 is 59.4. The molecule has 10 nitrogen and oxygen atoms in total. The topological polar surface area (TPSA) is 132 Å². The van der Waals surface area contributed by atoms with Crippen LogP contribution in [0.4, 0.5) is 0 Å². The Morgan fingerprint density at radius 3 is 2.20 bits per heavy atom. The summed E-state index contributed by atoms with van der Waals surface area (Å²) in [5.41, 5.74) is 5.22. The van der Waals surface area contributed by atoms with E-state index in [1.807, 2.05) is 37.3 Å². The number of hydrogen-bond donors (Lipinski definition) is 1. The summed E-state index contributed by atoms with van der Waals surface area (Å²) in [6.07, 6.45) is 2.85.